The van der Waals surface area contributed by atoms with Gasteiger partial charge in [-0.3, -0.25) is 4.79 Å². The first-order valence-electron chi connectivity index (χ1n) is 12.4. The van der Waals surface area contributed by atoms with E-state index in [2.05, 4.69) is 0 Å². The fourth-order valence-electron chi connectivity index (χ4n) is 4.99. The molecule has 12 heteroatoms. The van der Waals surface area contributed by atoms with Gasteiger partial charge in [0.1, 0.15) is 48.3 Å². The van der Waals surface area contributed by atoms with Crippen molar-refractivity contribution in [2.45, 2.75) is 114 Å². The maximum Gasteiger partial charge on any atom is 0.187 e. The molecule has 3 rings (SSSR count). The Labute approximate surface area is 215 Å². The summed E-state index contributed by atoms with van der Waals surface area (Å²) in [6, 6.07) is 0. The van der Waals surface area contributed by atoms with Crippen molar-refractivity contribution in [1.82, 2.24) is 0 Å². The van der Waals surface area contributed by atoms with Crippen molar-refractivity contribution in [3.63, 3.8) is 0 Å². The number of carbonyl (C=O) groups is 1. The Morgan fingerprint density at radius 2 is 1.70 bits per heavy atom. The van der Waals surface area contributed by atoms with E-state index in [0.717, 1.165) is 0 Å². The molecule has 0 aromatic rings. The minimum Gasteiger partial charge on any atom is -0.394 e. The van der Waals surface area contributed by atoms with Gasteiger partial charge in [0.25, 0.3) is 0 Å². The molecular weight excluding hydrogens is 492 g/mol. The second-order valence-corrected chi connectivity index (χ2v) is 10.8. The van der Waals surface area contributed by atoms with Crippen LogP contribution in [-0.4, -0.2) is 121 Å². The Kier molecular flexibility index (Phi) is 9.36. The molecule has 0 spiro atoms. The molecule has 2 fully saturated rings. The van der Waals surface area contributed by atoms with Gasteiger partial charge < -0.3 is 54.7 Å². The summed E-state index contributed by atoms with van der Waals surface area (Å²) in [6.07, 6.45) is -10.4. The third kappa shape index (κ3) is 5.99. The molecule has 2 aliphatic heterocycles. The molecule has 2 heterocycles. The summed E-state index contributed by atoms with van der Waals surface area (Å²) in [5, 5.41) is 72.4. The fraction of sp³-hybridized carbons (Fsp3) is 0.800. The number of ketones is 1. The summed E-state index contributed by atoms with van der Waals surface area (Å²) in [7, 11) is 0. The molecule has 1 aliphatic carbocycles. The average Bonchev–Trinajstić information content (AvgIpc) is 2.82. The van der Waals surface area contributed by atoms with Gasteiger partial charge in [0.15, 0.2) is 18.4 Å². The van der Waals surface area contributed by atoms with Crippen molar-refractivity contribution >= 4 is 5.78 Å². The highest BCUT2D eigenvalue weighted by Crippen LogP contribution is 2.44. The second-order valence-electron chi connectivity index (χ2n) is 10.8. The van der Waals surface area contributed by atoms with Crippen molar-refractivity contribution in [3.8, 4) is 0 Å². The normalized spacial score (nSPS) is 45.6. The quantitative estimate of drug-likeness (QED) is 0.183. The van der Waals surface area contributed by atoms with Gasteiger partial charge >= 0.3 is 0 Å². The van der Waals surface area contributed by atoms with Gasteiger partial charge in [-0.1, -0.05) is 19.9 Å². The van der Waals surface area contributed by atoms with Gasteiger partial charge in [-0.2, -0.15) is 0 Å². The van der Waals surface area contributed by atoms with Crippen LogP contribution in [0.5, 0.6) is 0 Å². The van der Waals surface area contributed by atoms with Crippen LogP contribution in [0.15, 0.2) is 23.8 Å². The molecule has 0 unspecified atom stereocenters. The number of hydrogen-bond acceptors (Lipinski definition) is 12. The molecule has 212 valence electrons. The van der Waals surface area contributed by atoms with E-state index >= 15 is 0 Å². The first-order valence-corrected chi connectivity index (χ1v) is 12.4. The van der Waals surface area contributed by atoms with Gasteiger partial charge in [-0.15, -0.1) is 0 Å². The fourth-order valence-corrected chi connectivity index (χ4v) is 4.99. The second kappa shape index (κ2) is 11.4. The molecular formula is C25H40O12. The standard InChI is InChI=1S/C25H40O12/c1-11-8-14(27)9-24(4,5)25(11,33)7-6-12(2)34-23-21(19(31)17(29)15(10-26)36-23)37-22-20(32)18(30)16(28)13(3)35-22/h6-8,12-13,15-23,26,28-33H,9-10H2,1-5H3/b7-6+/t12-,13-,15+,16-,17+,18+,19-,20+,21+,22-,23+,25+/m0/s1. The molecule has 0 amide bonds. The van der Waals surface area contributed by atoms with E-state index in [9.17, 15) is 40.5 Å². The molecule has 7 N–H and O–H groups in total. The molecule has 12 nitrogen and oxygen atoms in total. The molecule has 0 saturated carbocycles. The van der Waals surface area contributed by atoms with E-state index in [1.54, 1.807) is 33.8 Å². The summed E-state index contributed by atoms with van der Waals surface area (Å²) in [5.41, 5.74) is -1.74. The summed E-state index contributed by atoms with van der Waals surface area (Å²) in [6.45, 7) is 7.66. The van der Waals surface area contributed by atoms with Crippen molar-refractivity contribution in [2.24, 2.45) is 5.41 Å². The molecule has 3 aliphatic rings. The van der Waals surface area contributed by atoms with Crippen LogP contribution in [0.4, 0.5) is 0 Å². The van der Waals surface area contributed by atoms with Crippen LogP contribution in [0.25, 0.3) is 0 Å². The third-order valence-corrected chi connectivity index (χ3v) is 7.51. The van der Waals surface area contributed by atoms with Crippen molar-refractivity contribution < 1.29 is 59.5 Å². The van der Waals surface area contributed by atoms with Crippen LogP contribution in [-0.2, 0) is 23.7 Å². The van der Waals surface area contributed by atoms with Crippen molar-refractivity contribution in [3.05, 3.63) is 23.8 Å². The predicted octanol–water partition coefficient (Wildman–Crippen LogP) is -1.72. The first kappa shape index (κ1) is 30.3. The zero-order valence-electron chi connectivity index (χ0n) is 21.7. The number of ether oxygens (including phenoxy) is 4. The maximum atomic E-state index is 12.0. The zero-order chi connectivity index (χ0) is 27.9. The van der Waals surface area contributed by atoms with Crippen LogP contribution in [0.3, 0.4) is 0 Å². The van der Waals surface area contributed by atoms with Gasteiger partial charge in [-0.25, -0.2) is 0 Å². The van der Waals surface area contributed by atoms with Crippen LogP contribution >= 0.6 is 0 Å². The summed E-state index contributed by atoms with van der Waals surface area (Å²) < 4.78 is 22.7. The number of hydrogen-bond donors (Lipinski definition) is 7. The summed E-state index contributed by atoms with van der Waals surface area (Å²) >= 11 is 0. The van der Waals surface area contributed by atoms with E-state index < -0.39 is 85.1 Å². The maximum absolute atomic E-state index is 12.0. The van der Waals surface area contributed by atoms with E-state index in [4.69, 9.17) is 18.9 Å². The Balaban J connectivity index is 1.80. The van der Waals surface area contributed by atoms with Gasteiger partial charge in [-0.05, 0) is 38.5 Å². The molecule has 0 radical (unpaired) electrons. The lowest BCUT2D eigenvalue weighted by Crippen LogP contribution is -2.64. The number of rotatable bonds is 7. The molecule has 12 atom stereocenters. The van der Waals surface area contributed by atoms with E-state index in [1.807, 2.05) is 0 Å². The lowest BCUT2D eigenvalue weighted by molar-refractivity contribution is -0.367. The largest absolute Gasteiger partial charge is 0.394 e. The highest BCUT2D eigenvalue weighted by molar-refractivity contribution is 5.92. The van der Waals surface area contributed by atoms with Crippen LogP contribution in [0.2, 0.25) is 0 Å². The van der Waals surface area contributed by atoms with Crippen LogP contribution < -0.4 is 0 Å². The number of allylic oxidation sites excluding steroid dienone is 1. The molecule has 2 saturated heterocycles. The first-order chi connectivity index (χ1) is 17.1. The van der Waals surface area contributed by atoms with Gasteiger partial charge in [0.2, 0.25) is 0 Å². The van der Waals surface area contributed by atoms with Crippen LogP contribution in [0, 0.1) is 5.41 Å². The molecule has 37 heavy (non-hydrogen) atoms. The van der Waals surface area contributed by atoms with E-state index in [-0.39, 0.29) is 12.2 Å². The van der Waals surface area contributed by atoms with Crippen molar-refractivity contribution in [1.29, 1.82) is 0 Å². The smallest absolute Gasteiger partial charge is 0.187 e. The summed E-state index contributed by atoms with van der Waals surface area (Å²) in [4.78, 5) is 12.0. The van der Waals surface area contributed by atoms with Crippen LogP contribution in [0.1, 0.15) is 41.0 Å². The zero-order valence-corrected chi connectivity index (χ0v) is 21.7. The van der Waals surface area contributed by atoms with Crippen molar-refractivity contribution in [2.75, 3.05) is 6.61 Å². The lowest BCUT2D eigenvalue weighted by Gasteiger charge is -2.46. The Morgan fingerprint density at radius 3 is 2.30 bits per heavy atom. The topological polar surface area (TPSA) is 196 Å². The van der Waals surface area contributed by atoms with Gasteiger partial charge in [0.05, 0.1) is 18.8 Å². The number of aliphatic hydroxyl groups excluding tert-OH is 6. The van der Waals surface area contributed by atoms with E-state index in [1.165, 1.54) is 19.1 Å². The molecule has 0 aromatic heterocycles. The highest BCUT2D eigenvalue weighted by atomic mass is 16.8. The third-order valence-electron chi connectivity index (χ3n) is 7.51. The Morgan fingerprint density at radius 1 is 1.05 bits per heavy atom. The monoisotopic (exact) mass is 532 g/mol. The Hall–Kier alpha value is -1.29. The number of aliphatic hydroxyl groups is 7. The molecule has 0 aromatic carbocycles. The Bertz CT molecular complexity index is 874. The predicted molar refractivity (Wildman–Crippen MR) is 127 cm³/mol. The minimum absolute atomic E-state index is 0.0814. The minimum atomic E-state index is -1.68. The van der Waals surface area contributed by atoms with E-state index in [0.29, 0.717) is 5.57 Å². The number of carbonyl (C=O) groups excluding carboxylic acids is 1. The average molecular weight is 533 g/mol. The highest BCUT2D eigenvalue weighted by Gasteiger charge is 2.51. The summed E-state index contributed by atoms with van der Waals surface area (Å²) in [5.74, 6) is -0.0814. The van der Waals surface area contributed by atoms with Gasteiger partial charge in [0, 0.05) is 11.8 Å². The SMILES string of the molecule is CC1=CC(=O)CC(C)(C)[C@@]1(O)/C=C/[C@H](C)O[C@@H]1O[C@H](CO)[C@@H](O)[C@H](O)[C@H]1O[C@@H]1O[C@@H](C)[C@H](O)[C@@H](O)[C@H]1O. The molecule has 0 bridgehead atoms. The lowest BCUT2D eigenvalue weighted by atomic mass is 9.64.